The van der Waals surface area contributed by atoms with Gasteiger partial charge >= 0.3 is 6.01 Å². The van der Waals surface area contributed by atoms with Gasteiger partial charge in [-0.2, -0.15) is 4.98 Å². The molecule has 24 heavy (non-hydrogen) atoms. The normalized spacial score (nSPS) is 10.8. The standard InChI is InChI=1S/C15H16N6O2S/c1-10-16-14(23-20-10)17-13(22)9-24-15-19-18-12(21(15)2)8-11-6-4-3-5-7-11/h3-7H,8-9H2,1-2H3,(H,16,17,20,22). The summed E-state index contributed by atoms with van der Waals surface area (Å²) in [5.74, 6) is 1.25. The zero-order valence-electron chi connectivity index (χ0n) is 13.3. The Labute approximate surface area is 142 Å². The van der Waals surface area contributed by atoms with Crippen molar-refractivity contribution >= 4 is 23.7 Å². The Kier molecular flexibility index (Phi) is 4.90. The highest BCUT2D eigenvalue weighted by molar-refractivity contribution is 7.99. The third-order valence-electron chi connectivity index (χ3n) is 3.24. The number of hydrogen-bond donors (Lipinski definition) is 1. The van der Waals surface area contributed by atoms with Gasteiger partial charge in [-0.15, -0.1) is 10.2 Å². The lowest BCUT2D eigenvalue weighted by molar-refractivity contribution is -0.114. The minimum Gasteiger partial charge on any atom is -0.315 e. The average molecular weight is 344 g/mol. The second-order valence-electron chi connectivity index (χ2n) is 5.10. The fourth-order valence-electron chi connectivity index (χ4n) is 2.04. The molecule has 3 aromatic rings. The van der Waals surface area contributed by atoms with Crippen molar-refractivity contribution in [2.24, 2.45) is 7.05 Å². The van der Waals surface area contributed by atoms with Gasteiger partial charge in [-0.1, -0.05) is 47.3 Å². The van der Waals surface area contributed by atoms with Gasteiger partial charge in [-0.25, -0.2) is 0 Å². The Bertz CT molecular complexity index is 830. The van der Waals surface area contributed by atoms with Gasteiger partial charge in [0.05, 0.1) is 5.75 Å². The molecule has 2 heterocycles. The predicted molar refractivity (Wildman–Crippen MR) is 88.6 cm³/mol. The Morgan fingerprint density at radius 1 is 1.29 bits per heavy atom. The van der Waals surface area contributed by atoms with Gasteiger partial charge in [0.25, 0.3) is 0 Å². The molecule has 1 aromatic carbocycles. The molecule has 8 nitrogen and oxygen atoms in total. The molecule has 0 unspecified atom stereocenters. The first kappa shape index (κ1) is 16.2. The van der Waals surface area contributed by atoms with Crippen LogP contribution in [0.25, 0.3) is 0 Å². The lowest BCUT2D eigenvalue weighted by Gasteiger charge is -2.04. The van der Waals surface area contributed by atoms with Gasteiger partial charge in [-0.05, 0) is 12.5 Å². The first-order chi connectivity index (χ1) is 11.6. The monoisotopic (exact) mass is 344 g/mol. The van der Waals surface area contributed by atoms with Crippen LogP contribution in [-0.2, 0) is 18.3 Å². The molecule has 0 aliphatic heterocycles. The third-order valence-corrected chi connectivity index (χ3v) is 4.26. The summed E-state index contributed by atoms with van der Waals surface area (Å²) < 4.78 is 6.74. The number of amides is 1. The van der Waals surface area contributed by atoms with Crippen LogP contribution in [0.15, 0.2) is 40.0 Å². The number of aryl methyl sites for hydroxylation is 1. The van der Waals surface area contributed by atoms with Crippen LogP contribution in [0.4, 0.5) is 6.01 Å². The van der Waals surface area contributed by atoms with E-state index < -0.39 is 0 Å². The molecule has 0 radical (unpaired) electrons. The number of nitrogens with zero attached hydrogens (tertiary/aromatic N) is 5. The molecule has 0 saturated heterocycles. The first-order valence-electron chi connectivity index (χ1n) is 7.27. The minimum atomic E-state index is -0.240. The number of benzene rings is 1. The molecule has 0 atom stereocenters. The summed E-state index contributed by atoms with van der Waals surface area (Å²) in [6.07, 6.45) is 0.693. The molecule has 1 amide bonds. The van der Waals surface area contributed by atoms with E-state index in [0.717, 1.165) is 11.4 Å². The summed E-state index contributed by atoms with van der Waals surface area (Å²) >= 11 is 1.30. The van der Waals surface area contributed by atoms with Crippen LogP contribution in [0, 0.1) is 6.92 Å². The van der Waals surface area contributed by atoms with E-state index in [1.54, 1.807) is 6.92 Å². The third kappa shape index (κ3) is 3.99. The number of rotatable bonds is 6. The Morgan fingerprint density at radius 3 is 2.79 bits per heavy atom. The number of thioether (sulfide) groups is 1. The maximum atomic E-state index is 11.9. The maximum Gasteiger partial charge on any atom is 0.328 e. The largest absolute Gasteiger partial charge is 0.328 e. The zero-order chi connectivity index (χ0) is 16.9. The predicted octanol–water partition coefficient (Wildman–Crippen LogP) is 1.83. The second-order valence-corrected chi connectivity index (χ2v) is 6.05. The lowest BCUT2D eigenvalue weighted by Crippen LogP contribution is -2.14. The fraction of sp³-hybridized carbons (Fsp3) is 0.267. The summed E-state index contributed by atoms with van der Waals surface area (Å²) in [5.41, 5.74) is 1.16. The summed E-state index contributed by atoms with van der Waals surface area (Å²) in [4.78, 5) is 15.8. The van der Waals surface area contributed by atoms with Crippen molar-refractivity contribution in [3.8, 4) is 0 Å². The van der Waals surface area contributed by atoms with E-state index in [4.69, 9.17) is 4.52 Å². The molecule has 0 spiro atoms. The van der Waals surface area contributed by atoms with Crippen LogP contribution in [0.5, 0.6) is 0 Å². The van der Waals surface area contributed by atoms with Crippen molar-refractivity contribution < 1.29 is 9.32 Å². The molecular weight excluding hydrogens is 328 g/mol. The van der Waals surface area contributed by atoms with E-state index in [1.165, 1.54) is 11.8 Å². The number of carbonyl (C=O) groups is 1. The quantitative estimate of drug-likeness (QED) is 0.681. The van der Waals surface area contributed by atoms with Crippen LogP contribution in [0.2, 0.25) is 0 Å². The first-order valence-corrected chi connectivity index (χ1v) is 8.25. The molecule has 3 rings (SSSR count). The molecule has 2 aromatic heterocycles. The molecule has 124 valence electrons. The topological polar surface area (TPSA) is 98.7 Å². The Hall–Kier alpha value is -2.68. The minimum absolute atomic E-state index is 0.0980. The highest BCUT2D eigenvalue weighted by atomic mass is 32.2. The van der Waals surface area contributed by atoms with Crippen LogP contribution in [0.1, 0.15) is 17.2 Å². The van der Waals surface area contributed by atoms with Crippen LogP contribution < -0.4 is 5.32 Å². The molecule has 0 bridgehead atoms. The van der Waals surface area contributed by atoms with Crippen molar-refractivity contribution in [1.82, 2.24) is 24.9 Å². The number of nitrogens with one attached hydrogen (secondary N) is 1. The summed E-state index contributed by atoms with van der Waals surface area (Å²) in [6.45, 7) is 1.68. The van der Waals surface area contributed by atoms with Gasteiger partial charge in [0.2, 0.25) is 5.91 Å². The van der Waals surface area contributed by atoms with Crippen molar-refractivity contribution in [3.05, 3.63) is 47.5 Å². The van der Waals surface area contributed by atoms with Crippen molar-refractivity contribution in [3.63, 3.8) is 0 Å². The fourth-order valence-corrected chi connectivity index (χ4v) is 2.77. The molecule has 0 saturated carbocycles. The molecular formula is C15H16N6O2S. The highest BCUT2D eigenvalue weighted by Crippen LogP contribution is 2.17. The highest BCUT2D eigenvalue weighted by Gasteiger charge is 2.13. The molecule has 0 aliphatic carbocycles. The number of carbonyl (C=O) groups excluding carboxylic acids is 1. The number of hydrogen-bond acceptors (Lipinski definition) is 7. The molecule has 0 aliphatic rings. The van der Waals surface area contributed by atoms with Gasteiger partial charge in [0.15, 0.2) is 11.0 Å². The number of aromatic nitrogens is 5. The van der Waals surface area contributed by atoms with E-state index in [9.17, 15) is 4.79 Å². The van der Waals surface area contributed by atoms with E-state index in [1.807, 2.05) is 41.9 Å². The SMILES string of the molecule is Cc1noc(NC(=O)CSc2nnc(Cc3ccccc3)n2C)n1. The summed E-state index contributed by atoms with van der Waals surface area (Å²) in [6, 6.07) is 10.1. The molecule has 1 N–H and O–H groups in total. The smallest absolute Gasteiger partial charge is 0.315 e. The Morgan fingerprint density at radius 2 is 2.08 bits per heavy atom. The van der Waals surface area contributed by atoms with Gasteiger partial charge in [0.1, 0.15) is 5.82 Å². The van der Waals surface area contributed by atoms with Crippen molar-refractivity contribution in [2.45, 2.75) is 18.5 Å². The summed E-state index contributed by atoms with van der Waals surface area (Å²) in [5, 5.41) is 15.2. The van der Waals surface area contributed by atoms with Gasteiger partial charge < -0.3 is 9.09 Å². The van der Waals surface area contributed by atoms with E-state index in [2.05, 4.69) is 25.7 Å². The molecule has 0 fully saturated rings. The van der Waals surface area contributed by atoms with Crippen molar-refractivity contribution in [2.75, 3.05) is 11.1 Å². The van der Waals surface area contributed by atoms with Crippen LogP contribution in [0.3, 0.4) is 0 Å². The van der Waals surface area contributed by atoms with E-state index in [-0.39, 0.29) is 17.7 Å². The van der Waals surface area contributed by atoms with Crippen LogP contribution in [-0.4, -0.2) is 36.6 Å². The maximum absolute atomic E-state index is 11.9. The number of anilines is 1. The zero-order valence-corrected chi connectivity index (χ0v) is 14.1. The van der Waals surface area contributed by atoms with E-state index in [0.29, 0.717) is 17.4 Å². The lowest BCUT2D eigenvalue weighted by atomic mass is 10.1. The van der Waals surface area contributed by atoms with Crippen molar-refractivity contribution in [1.29, 1.82) is 0 Å². The van der Waals surface area contributed by atoms with E-state index >= 15 is 0 Å². The average Bonchev–Trinajstić information content (AvgIpc) is 3.13. The second kappa shape index (κ2) is 7.26. The van der Waals surface area contributed by atoms with Gasteiger partial charge in [-0.3, -0.25) is 10.1 Å². The summed E-state index contributed by atoms with van der Waals surface area (Å²) in [7, 11) is 1.89. The van der Waals surface area contributed by atoms with Gasteiger partial charge in [0, 0.05) is 13.5 Å². The Balaban J connectivity index is 1.57. The van der Waals surface area contributed by atoms with Crippen LogP contribution >= 0.6 is 11.8 Å². The molecule has 9 heteroatoms.